The van der Waals surface area contributed by atoms with Gasteiger partial charge < -0.3 is 5.32 Å². The van der Waals surface area contributed by atoms with Crippen molar-refractivity contribution in [3.05, 3.63) is 99.1 Å². The third kappa shape index (κ3) is 4.19. The number of hydrogen-bond donors (Lipinski definition) is 1. The molecule has 32 heavy (non-hydrogen) atoms. The van der Waals surface area contributed by atoms with Crippen LogP contribution in [-0.2, 0) is 0 Å². The van der Waals surface area contributed by atoms with E-state index in [9.17, 15) is 19.3 Å². The Morgan fingerprint density at radius 2 is 1.84 bits per heavy atom. The molecule has 1 heterocycles. The average Bonchev–Trinajstić information content (AvgIpc) is 3.22. The number of nitro groups is 1. The van der Waals surface area contributed by atoms with Crippen LogP contribution in [0.4, 0.5) is 15.8 Å². The summed E-state index contributed by atoms with van der Waals surface area (Å²) in [5.74, 6) is -0.940. The zero-order valence-corrected chi connectivity index (χ0v) is 17.4. The topological polar surface area (TPSA) is 103 Å². The Balaban J connectivity index is 1.77. The zero-order valence-electron chi connectivity index (χ0n) is 16.6. The van der Waals surface area contributed by atoms with E-state index in [0.29, 0.717) is 27.7 Å². The molecule has 0 bridgehead atoms. The number of rotatable bonds is 5. The molecule has 0 spiro atoms. The molecule has 160 valence electrons. The van der Waals surface area contributed by atoms with Gasteiger partial charge in [-0.25, -0.2) is 14.1 Å². The molecule has 0 saturated carbocycles. The van der Waals surface area contributed by atoms with Crippen LogP contribution in [0.2, 0.25) is 5.02 Å². The summed E-state index contributed by atoms with van der Waals surface area (Å²) in [5, 5.41) is 18.4. The average molecular weight is 452 g/mol. The van der Waals surface area contributed by atoms with E-state index in [1.165, 1.54) is 53.2 Å². The van der Waals surface area contributed by atoms with Gasteiger partial charge in [0.05, 0.1) is 10.6 Å². The van der Waals surface area contributed by atoms with E-state index in [2.05, 4.69) is 15.4 Å². The van der Waals surface area contributed by atoms with E-state index in [1.54, 1.807) is 25.1 Å². The van der Waals surface area contributed by atoms with Crippen molar-refractivity contribution in [2.24, 2.45) is 0 Å². The fourth-order valence-corrected chi connectivity index (χ4v) is 3.24. The number of benzene rings is 3. The minimum Gasteiger partial charge on any atom is -0.319 e. The first kappa shape index (κ1) is 21.1. The molecule has 10 heteroatoms. The second-order valence-corrected chi connectivity index (χ2v) is 7.23. The Labute approximate surface area is 186 Å². The number of aromatic nitrogens is 3. The fourth-order valence-electron chi connectivity index (χ4n) is 3.07. The van der Waals surface area contributed by atoms with Gasteiger partial charge in [-0.2, -0.15) is 0 Å². The van der Waals surface area contributed by atoms with E-state index in [-0.39, 0.29) is 17.2 Å². The summed E-state index contributed by atoms with van der Waals surface area (Å²) in [6.45, 7) is 1.80. The van der Waals surface area contributed by atoms with Crippen molar-refractivity contribution in [1.82, 2.24) is 14.8 Å². The van der Waals surface area contributed by atoms with Crippen molar-refractivity contribution in [2.45, 2.75) is 6.92 Å². The molecule has 1 aromatic heterocycles. The van der Waals surface area contributed by atoms with Gasteiger partial charge in [0.25, 0.3) is 11.6 Å². The van der Waals surface area contributed by atoms with Crippen molar-refractivity contribution < 1.29 is 14.1 Å². The van der Waals surface area contributed by atoms with E-state index >= 15 is 0 Å². The van der Waals surface area contributed by atoms with Gasteiger partial charge >= 0.3 is 0 Å². The van der Waals surface area contributed by atoms with Gasteiger partial charge in [-0.1, -0.05) is 23.7 Å². The summed E-state index contributed by atoms with van der Waals surface area (Å²) in [6.07, 6.45) is 0. The number of nitrogens with zero attached hydrogens (tertiary/aromatic N) is 4. The lowest BCUT2D eigenvalue weighted by molar-refractivity contribution is -0.384. The highest BCUT2D eigenvalue weighted by molar-refractivity contribution is 6.31. The van der Waals surface area contributed by atoms with Crippen molar-refractivity contribution in [3.8, 4) is 17.1 Å². The van der Waals surface area contributed by atoms with E-state index in [4.69, 9.17) is 11.6 Å². The van der Waals surface area contributed by atoms with Gasteiger partial charge in [-0.05, 0) is 55.0 Å². The number of carbonyl (C=O) groups is 1. The van der Waals surface area contributed by atoms with E-state index in [0.717, 1.165) is 0 Å². The van der Waals surface area contributed by atoms with E-state index in [1.807, 2.05) is 0 Å². The highest BCUT2D eigenvalue weighted by Crippen LogP contribution is 2.27. The van der Waals surface area contributed by atoms with Gasteiger partial charge in [0.1, 0.15) is 5.82 Å². The largest absolute Gasteiger partial charge is 0.319 e. The summed E-state index contributed by atoms with van der Waals surface area (Å²) in [7, 11) is 0. The summed E-state index contributed by atoms with van der Waals surface area (Å²) in [5.41, 5.74) is 1.91. The highest BCUT2D eigenvalue weighted by atomic mass is 35.5. The Morgan fingerprint density at radius 1 is 1.12 bits per heavy atom. The second-order valence-electron chi connectivity index (χ2n) is 6.82. The van der Waals surface area contributed by atoms with Crippen LogP contribution >= 0.6 is 11.6 Å². The first-order valence-corrected chi connectivity index (χ1v) is 9.75. The minimum absolute atomic E-state index is 0.164. The van der Waals surface area contributed by atoms with E-state index < -0.39 is 16.6 Å². The SMILES string of the molecule is Cc1c(Cl)cccc1-n1nc(C(=O)Nc2cccc([N+](=O)[O-])c2)nc1-c1ccc(F)cc1. The number of amides is 1. The van der Waals surface area contributed by atoms with Crippen molar-refractivity contribution in [1.29, 1.82) is 0 Å². The summed E-state index contributed by atoms with van der Waals surface area (Å²) in [4.78, 5) is 27.6. The molecule has 4 aromatic rings. The van der Waals surface area contributed by atoms with Gasteiger partial charge in [-0.3, -0.25) is 14.9 Å². The number of anilines is 1. The fraction of sp³-hybridized carbons (Fsp3) is 0.0455. The molecular formula is C22H15ClFN5O3. The third-order valence-corrected chi connectivity index (χ3v) is 5.10. The molecule has 0 radical (unpaired) electrons. The molecular weight excluding hydrogens is 437 g/mol. The minimum atomic E-state index is -0.660. The van der Waals surface area contributed by atoms with Crippen LogP contribution in [0.25, 0.3) is 17.1 Å². The maximum absolute atomic E-state index is 13.4. The molecule has 8 nitrogen and oxygen atoms in total. The molecule has 0 aliphatic carbocycles. The third-order valence-electron chi connectivity index (χ3n) is 4.69. The summed E-state index contributed by atoms with van der Waals surface area (Å²) >= 11 is 6.25. The van der Waals surface area contributed by atoms with Crippen LogP contribution in [0.15, 0.2) is 66.7 Å². The van der Waals surface area contributed by atoms with Crippen LogP contribution in [0.5, 0.6) is 0 Å². The molecule has 0 aliphatic rings. The molecule has 4 rings (SSSR count). The molecule has 1 amide bonds. The number of nitro benzene ring substituents is 1. The Bertz CT molecular complexity index is 1340. The van der Waals surface area contributed by atoms with Crippen LogP contribution < -0.4 is 5.32 Å². The normalized spacial score (nSPS) is 10.7. The number of halogens is 2. The molecule has 3 aromatic carbocycles. The molecule has 0 atom stereocenters. The molecule has 0 aliphatic heterocycles. The lowest BCUT2D eigenvalue weighted by atomic mass is 10.1. The lowest BCUT2D eigenvalue weighted by Gasteiger charge is -2.10. The van der Waals surface area contributed by atoms with Crippen LogP contribution in [0, 0.1) is 22.9 Å². The summed E-state index contributed by atoms with van der Waals surface area (Å²) in [6, 6.07) is 16.4. The van der Waals surface area contributed by atoms with Gasteiger partial charge in [0, 0.05) is 28.4 Å². The maximum Gasteiger partial charge on any atom is 0.295 e. The van der Waals surface area contributed by atoms with Crippen LogP contribution in [0.1, 0.15) is 16.2 Å². The van der Waals surface area contributed by atoms with Gasteiger partial charge in [0.15, 0.2) is 5.82 Å². The lowest BCUT2D eigenvalue weighted by Crippen LogP contribution is -2.14. The Kier molecular flexibility index (Phi) is 5.65. The van der Waals surface area contributed by atoms with Crippen LogP contribution in [-0.4, -0.2) is 25.6 Å². The zero-order chi connectivity index (χ0) is 22.8. The first-order valence-electron chi connectivity index (χ1n) is 9.38. The maximum atomic E-state index is 13.4. The van der Waals surface area contributed by atoms with Crippen molar-refractivity contribution in [2.75, 3.05) is 5.32 Å². The standard InChI is InChI=1S/C22H15ClFN5O3/c1-13-18(23)6-3-7-19(13)28-21(14-8-10-15(24)11-9-14)26-20(27-28)22(30)25-16-4-2-5-17(12-16)29(31)32/h2-12H,1H3,(H,25,30). The van der Waals surface area contributed by atoms with Crippen LogP contribution in [0.3, 0.4) is 0 Å². The predicted octanol–water partition coefficient (Wildman–Crippen LogP) is 5.20. The van der Waals surface area contributed by atoms with Crippen molar-refractivity contribution in [3.63, 3.8) is 0 Å². The quantitative estimate of drug-likeness (QED) is 0.332. The number of non-ortho nitro benzene ring substituents is 1. The monoisotopic (exact) mass is 451 g/mol. The molecule has 0 saturated heterocycles. The highest BCUT2D eigenvalue weighted by Gasteiger charge is 2.21. The van der Waals surface area contributed by atoms with Gasteiger partial charge in [0.2, 0.25) is 5.82 Å². The first-order chi connectivity index (χ1) is 15.3. The Hall–Kier alpha value is -4.11. The smallest absolute Gasteiger partial charge is 0.295 e. The number of carbonyl (C=O) groups excluding carboxylic acids is 1. The Morgan fingerprint density at radius 3 is 2.56 bits per heavy atom. The molecule has 0 fully saturated rings. The molecule has 1 N–H and O–H groups in total. The number of hydrogen-bond acceptors (Lipinski definition) is 5. The number of nitrogens with one attached hydrogen (secondary N) is 1. The van der Waals surface area contributed by atoms with Gasteiger partial charge in [-0.15, -0.1) is 5.10 Å². The van der Waals surface area contributed by atoms with Crippen molar-refractivity contribution >= 4 is 28.9 Å². The second kappa shape index (κ2) is 8.56. The predicted molar refractivity (Wildman–Crippen MR) is 118 cm³/mol. The molecule has 0 unspecified atom stereocenters. The summed E-state index contributed by atoms with van der Waals surface area (Å²) < 4.78 is 14.9.